The van der Waals surface area contributed by atoms with Crippen molar-refractivity contribution in [1.82, 2.24) is 5.32 Å². The van der Waals surface area contributed by atoms with Gasteiger partial charge < -0.3 is 95.4 Å². The third-order valence-corrected chi connectivity index (χ3v) is 7.73. The van der Waals surface area contributed by atoms with Crippen molar-refractivity contribution in [2.24, 2.45) is 0 Å². The summed E-state index contributed by atoms with van der Waals surface area (Å²) in [7, 11) is 0. The van der Waals surface area contributed by atoms with Gasteiger partial charge in [0.2, 0.25) is 0 Å². The minimum absolute atomic E-state index is 0.00339. The Labute approximate surface area is 244 Å². The van der Waals surface area contributed by atoms with Crippen LogP contribution in [0.3, 0.4) is 0 Å². The summed E-state index contributed by atoms with van der Waals surface area (Å²) in [6, 6.07) is -2.23. The number of nitrogens with one attached hydrogen (secondary N) is 1. The van der Waals surface area contributed by atoms with Crippen LogP contribution in [0, 0.1) is 0 Å². The van der Waals surface area contributed by atoms with Gasteiger partial charge in [-0.15, -0.1) is 0 Å². The first-order valence-corrected chi connectivity index (χ1v) is 13.4. The lowest BCUT2D eigenvalue weighted by molar-refractivity contribution is -0.387. The van der Waals surface area contributed by atoms with Crippen LogP contribution in [0.4, 0.5) is 0 Å². The normalized spacial score (nSPS) is 45.1. The van der Waals surface area contributed by atoms with E-state index >= 15 is 0 Å². The van der Waals surface area contributed by atoms with Gasteiger partial charge in [0, 0.05) is 0 Å². The predicted octanol–water partition coefficient (Wildman–Crippen LogP) is -8.76. The first-order valence-electron chi connectivity index (χ1n) is 13.4. The molecule has 2 aliphatic heterocycles. The number of carbonyl (C=O) groups is 1. The Kier molecular flexibility index (Phi) is 12.9. The van der Waals surface area contributed by atoms with Crippen LogP contribution in [0.1, 0.15) is 6.92 Å². The smallest absolute Gasteiger partial charge is 0.189 e. The lowest BCUT2D eigenvalue weighted by Crippen LogP contribution is -2.68. The summed E-state index contributed by atoms with van der Waals surface area (Å²) in [4.78, 5) is 10.8. The fraction of sp³-hybridized carbons (Fsp3) is 0.875. The largest absolute Gasteiger partial charge is 0.394 e. The number of hydrogen-bond donors (Lipinski definition) is 14. The Morgan fingerprint density at radius 1 is 0.884 bits per heavy atom. The zero-order valence-corrected chi connectivity index (χ0v) is 22.8. The van der Waals surface area contributed by atoms with E-state index in [1.807, 2.05) is 0 Å². The summed E-state index contributed by atoms with van der Waals surface area (Å²) in [5.41, 5.74) is 0.00339. The molecule has 18 atom stereocenters. The molecule has 43 heavy (non-hydrogen) atoms. The third-order valence-electron chi connectivity index (χ3n) is 7.73. The van der Waals surface area contributed by atoms with Gasteiger partial charge in [-0.1, -0.05) is 6.08 Å². The van der Waals surface area contributed by atoms with Gasteiger partial charge in [0.1, 0.15) is 73.2 Å². The van der Waals surface area contributed by atoms with Crippen molar-refractivity contribution in [3.05, 3.63) is 11.6 Å². The van der Waals surface area contributed by atoms with Crippen LogP contribution >= 0.6 is 0 Å². The maximum Gasteiger partial charge on any atom is 0.189 e. The van der Waals surface area contributed by atoms with E-state index in [9.17, 15) is 71.2 Å². The Bertz CT molecular complexity index is 929. The highest BCUT2D eigenvalue weighted by atomic mass is 16.8. The molecule has 19 heteroatoms. The van der Waals surface area contributed by atoms with Crippen molar-refractivity contribution >= 4 is 6.29 Å². The van der Waals surface area contributed by atoms with Crippen LogP contribution in [-0.4, -0.2) is 196 Å². The second-order valence-electron chi connectivity index (χ2n) is 10.7. The number of rotatable bonds is 12. The van der Waals surface area contributed by atoms with Crippen molar-refractivity contribution in [1.29, 1.82) is 0 Å². The lowest BCUT2D eigenvalue weighted by atomic mass is 9.86. The molecule has 9 unspecified atom stereocenters. The van der Waals surface area contributed by atoms with Crippen LogP contribution in [0.15, 0.2) is 11.6 Å². The van der Waals surface area contributed by atoms with Gasteiger partial charge >= 0.3 is 0 Å². The Hall–Kier alpha value is -1.31. The molecule has 19 nitrogen and oxygen atoms in total. The maximum absolute atomic E-state index is 10.8. The molecule has 0 amide bonds. The molecule has 2 saturated heterocycles. The topological polar surface area (TPSA) is 329 Å². The second kappa shape index (κ2) is 15.3. The van der Waals surface area contributed by atoms with Crippen LogP contribution in [0.25, 0.3) is 0 Å². The summed E-state index contributed by atoms with van der Waals surface area (Å²) in [6.07, 6.45) is -28.1. The standard InChI is InChI=1S/C24H41NO18/c1-6-11(25-8-2-7(3-26)12(31)16(35)13(8)32)15(34)18(37)23(40-6)42-21-17(36)19(38)24(43-22(21)39)41-20(10(30)5-28)14(33)9(29)4-27/h2,4,6,8-26,28-39H,3,5H2,1H3/t6-,8?,9?,10-,11?,12-,13+,14?,15+,16?,17?,18?,19-,20?,21?,22-,23+,24+/m1/s1. The zero-order chi connectivity index (χ0) is 32.3. The summed E-state index contributed by atoms with van der Waals surface area (Å²) >= 11 is 0. The van der Waals surface area contributed by atoms with Crippen LogP contribution in [0.5, 0.6) is 0 Å². The van der Waals surface area contributed by atoms with E-state index in [2.05, 4.69) is 5.32 Å². The monoisotopic (exact) mass is 631 g/mol. The van der Waals surface area contributed by atoms with Gasteiger partial charge in [0.15, 0.2) is 25.2 Å². The van der Waals surface area contributed by atoms with E-state index in [0.29, 0.717) is 0 Å². The van der Waals surface area contributed by atoms with E-state index in [0.717, 1.165) is 0 Å². The molecule has 0 saturated carbocycles. The fourth-order valence-electron chi connectivity index (χ4n) is 5.10. The first kappa shape index (κ1) is 36.2. The average molecular weight is 632 g/mol. The molecule has 3 aliphatic rings. The molecule has 14 N–H and O–H groups in total. The second-order valence-corrected chi connectivity index (χ2v) is 10.7. The molecule has 250 valence electrons. The van der Waals surface area contributed by atoms with Gasteiger partial charge in [-0.05, 0) is 12.5 Å². The van der Waals surface area contributed by atoms with Gasteiger partial charge in [0.05, 0.1) is 31.4 Å². The first-order chi connectivity index (χ1) is 20.2. The van der Waals surface area contributed by atoms with E-state index in [4.69, 9.17) is 18.9 Å². The number of carbonyl (C=O) groups excluding carboxylic acids is 1. The Morgan fingerprint density at radius 2 is 1.51 bits per heavy atom. The number of aliphatic hydroxyl groups is 13. The highest BCUT2D eigenvalue weighted by Crippen LogP contribution is 2.31. The van der Waals surface area contributed by atoms with Crippen LogP contribution < -0.4 is 5.32 Å². The number of ether oxygens (including phenoxy) is 4. The minimum Gasteiger partial charge on any atom is -0.394 e. The van der Waals surface area contributed by atoms with E-state index in [1.165, 1.54) is 13.0 Å². The SMILES string of the molecule is C[C@H]1O[C@@H](OC2C(O)[C@@H](O)[C@@H](OC(C(O)C(O)C=O)[C@H](O)CO)O[C@H]2O)C(O)[C@@H](O)C1NC1C=C(CO)[C@@H](O)C(O)[C@H]1O. The van der Waals surface area contributed by atoms with Crippen molar-refractivity contribution < 1.29 is 90.1 Å². The number of aliphatic hydroxyl groups excluding tert-OH is 13. The predicted molar refractivity (Wildman–Crippen MR) is 134 cm³/mol. The van der Waals surface area contributed by atoms with Gasteiger partial charge in [-0.3, -0.25) is 0 Å². The van der Waals surface area contributed by atoms with Crippen LogP contribution in [-0.2, 0) is 23.7 Å². The summed E-state index contributed by atoms with van der Waals surface area (Å²) in [5, 5.41) is 135. The van der Waals surface area contributed by atoms with Crippen LogP contribution in [0.2, 0.25) is 0 Å². The average Bonchev–Trinajstić information content (AvgIpc) is 2.99. The van der Waals surface area contributed by atoms with E-state index < -0.39 is 124 Å². The third kappa shape index (κ3) is 7.74. The maximum atomic E-state index is 10.8. The molecular weight excluding hydrogens is 590 g/mol. The lowest BCUT2D eigenvalue weighted by Gasteiger charge is -2.47. The summed E-state index contributed by atoms with van der Waals surface area (Å²) in [5.74, 6) is 0. The Morgan fingerprint density at radius 3 is 2.09 bits per heavy atom. The van der Waals surface area contributed by atoms with Gasteiger partial charge in [-0.25, -0.2) is 0 Å². The molecule has 2 heterocycles. The highest BCUT2D eigenvalue weighted by Gasteiger charge is 2.52. The summed E-state index contributed by atoms with van der Waals surface area (Å²) in [6.45, 7) is -0.229. The zero-order valence-electron chi connectivity index (χ0n) is 22.8. The molecule has 0 spiro atoms. The molecule has 3 rings (SSSR count). The minimum atomic E-state index is -2.13. The van der Waals surface area contributed by atoms with Crippen molar-refractivity contribution in [2.45, 2.75) is 117 Å². The summed E-state index contributed by atoms with van der Waals surface area (Å²) < 4.78 is 21.3. The molecule has 2 fully saturated rings. The Balaban J connectivity index is 1.67. The van der Waals surface area contributed by atoms with Crippen molar-refractivity contribution in [3.63, 3.8) is 0 Å². The van der Waals surface area contributed by atoms with Crippen molar-refractivity contribution in [3.8, 4) is 0 Å². The van der Waals surface area contributed by atoms with E-state index in [-0.39, 0.29) is 11.9 Å². The molecule has 0 aromatic heterocycles. The van der Waals surface area contributed by atoms with Gasteiger partial charge in [-0.2, -0.15) is 0 Å². The molecular formula is C24H41NO18. The molecule has 0 bridgehead atoms. The molecule has 0 aromatic carbocycles. The van der Waals surface area contributed by atoms with E-state index in [1.54, 1.807) is 0 Å². The van der Waals surface area contributed by atoms with Gasteiger partial charge in [0.25, 0.3) is 0 Å². The molecule has 0 radical (unpaired) electrons. The molecule has 0 aromatic rings. The fourth-order valence-corrected chi connectivity index (χ4v) is 5.10. The highest BCUT2D eigenvalue weighted by molar-refractivity contribution is 5.56. The molecule has 1 aliphatic carbocycles. The number of hydrogen-bond acceptors (Lipinski definition) is 19. The van der Waals surface area contributed by atoms with Crippen molar-refractivity contribution in [2.75, 3.05) is 13.2 Å². The number of aldehydes is 1. The quantitative estimate of drug-likeness (QED) is 0.0702.